The first kappa shape index (κ1) is 11.6. The number of hydrogen-bond acceptors (Lipinski definition) is 2. The van der Waals surface area contributed by atoms with Crippen molar-refractivity contribution in [1.82, 2.24) is 4.90 Å². The van der Waals surface area contributed by atoms with E-state index in [2.05, 4.69) is 13.1 Å². The first-order valence-corrected chi connectivity index (χ1v) is 7.36. The first-order valence-electron chi connectivity index (χ1n) is 4.24. The minimum Gasteiger partial charge on any atom is -0.416 e. The van der Waals surface area contributed by atoms with Crippen molar-refractivity contribution in [2.24, 2.45) is 0 Å². The molecule has 0 aliphatic heterocycles. The van der Waals surface area contributed by atoms with Crippen LogP contribution in [0.4, 0.5) is 0 Å². The van der Waals surface area contributed by atoms with Gasteiger partial charge in [-0.15, -0.1) is 0 Å². The zero-order valence-corrected chi connectivity index (χ0v) is 9.68. The summed E-state index contributed by atoms with van der Waals surface area (Å²) in [6.45, 7) is 8.55. The molecule has 72 valence electrons. The molecule has 1 amide bonds. The van der Waals surface area contributed by atoms with E-state index in [9.17, 15) is 4.79 Å². The van der Waals surface area contributed by atoms with Gasteiger partial charge in [0.25, 0.3) is 0 Å². The summed E-state index contributed by atoms with van der Waals surface area (Å²) < 4.78 is 5.60. The molecule has 0 fully saturated rings. The van der Waals surface area contributed by atoms with E-state index in [0.29, 0.717) is 0 Å². The lowest BCUT2D eigenvalue weighted by molar-refractivity contribution is -0.126. The van der Waals surface area contributed by atoms with Crippen LogP contribution in [-0.4, -0.2) is 38.9 Å². The largest absolute Gasteiger partial charge is 0.416 e. The summed E-state index contributed by atoms with van der Waals surface area (Å²) in [5.74, 6) is 0.107. The van der Waals surface area contributed by atoms with Gasteiger partial charge in [0, 0.05) is 26.7 Å². The van der Waals surface area contributed by atoms with Crippen LogP contribution in [0.5, 0.6) is 0 Å². The lowest BCUT2D eigenvalue weighted by atomic mass is 10.6. The molecule has 0 aromatic heterocycles. The van der Waals surface area contributed by atoms with Crippen LogP contribution in [-0.2, 0) is 9.22 Å². The summed E-state index contributed by atoms with van der Waals surface area (Å²) in [6, 6.07) is 0. The Morgan fingerprint density at radius 3 is 2.33 bits per heavy atom. The maximum Gasteiger partial charge on any atom is 0.218 e. The smallest absolute Gasteiger partial charge is 0.218 e. The SMILES string of the molecule is CCO[Si](C)(C)CN(C)C(C)=O. The molecule has 0 spiro atoms. The van der Waals surface area contributed by atoms with E-state index in [-0.39, 0.29) is 5.91 Å². The van der Waals surface area contributed by atoms with Gasteiger partial charge in [0.1, 0.15) is 0 Å². The zero-order valence-electron chi connectivity index (χ0n) is 8.68. The minimum atomic E-state index is -1.62. The molecule has 0 N–H and O–H groups in total. The van der Waals surface area contributed by atoms with Gasteiger partial charge in [-0.2, -0.15) is 0 Å². The van der Waals surface area contributed by atoms with Gasteiger partial charge >= 0.3 is 0 Å². The highest BCUT2D eigenvalue weighted by Gasteiger charge is 2.24. The fraction of sp³-hybridized carbons (Fsp3) is 0.875. The lowest BCUT2D eigenvalue weighted by Gasteiger charge is -2.27. The molecule has 0 aromatic rings. The molecule has 0 heterocycles. The molecule has 0 radical (unpaired) electrons. The van der Waals surface area contributed by atoms with Crippen molar-refractivity contribution in [1.29, 1.82) is 0 Å². The second-order valence-corrected chi connectivity index (χ2v) is 7.69. The van der Waals surface area contributed by atoms with Crippen LogP contribution in [0.15, 0.2) is 0 Å². The molecule has 3 nitrogen and oxygen atoms in total. The number of nitrogens with zero attached hydrogens (tertiary/aromatic N) is 1. The summed E-state index contributed by atoms with van der Waals surface area (Å²) >= 11 is 0. The summed E-state index contributed by atoms with van der Waals surface area (Å²) in [4.78, 5) is 12.6. The van der Waals surface area contributed by atoms with Crippen LogP contribution in [0.2, 0.25) is 13.1 Å². The first-order chi connectivity index (χ1) is 5.39. The monoisotopic (exact) mass is 189 g/mol. The fourth-order valence-electron chi connectivity index (χ4n) is 1.12. The van der Waals surface area contributed by atoms with E-state index in [4.69, 9.17) is 4.43 Å². The molecule has 0 atom stereocenters. The van der Waals surface area contributed by atoms with Crippen LogP contribution in [0.1, 0.15) is 13.8 Å². The quantitative estimate of drug-likeness (QED) is 0.623. The van der Waals surface area contributed by atoms with E-state index in [0.717, 1.165) is 12.8 Å². The number of carbonyl (C=O) groups is 1. The zero-order chi connectivity index (χ0) is 9.78. The van der Waals surface area contributed by atoms with Crippen molar-refractivity contribution >= 4 is 14.2 Å². The van der Waals surface area contributed by atoms with Gasteiger partial charge in [-0.1, -0.05) is 0 Å². The maximum atomic E-state index is 10.9. The molecular formula is C8H19NO2Si. The standard InChI is InChI=1S/C8H19NO2Si/c1-6-11-12(4,5)7-9(3)8(2)10/h6-7H2,1-5H3. The Labute approximate surface area is 75.8 Å². The van der Waals surface area contributed by atoms with Crippen molar-refractivity contribution in [2.45, 2.75) is 26.9 Å². The topological polar surface area (TPSA) is 29.5 Å². The van der Waals surface area contributed by atoms with Crippen LogP contribution >= 0.6 is 0 Å². The second-order valence-electron chi connectivity index (χ2n) is 3.57. The third kappa shape index (κ3) is 4.51. The molecule has 0 aliphatic carbocycles. The summed E-state index contributed by atoms with van der Waals surface area (Å²) in [5.41, 5.74) is 0. The Morgan fingerprint density at radius 2 is 2.00 bits per heavy atom. The number of hydrogen-bond donors (Lipinski definition) is 0. The van der Waals surface area contributed by atoms with Crippen molar-refractivity contribution in [3.8, 4) is 0 Å². The van der Waals surface area contributed by atoms with E-state index >= 15 is 0 Å². The molecule has 0 bridgehead atoms. The van der Waals surface area contributed by atoms with E-state index < -0.39 is 8.32 Å². The van der Waals surface area contributed by atoms with Gasteiger partial charge in [-0.05, 0) is 20.0 Å². The highest BCUT2D eigenvalue weighted by molar-refractivity contribution is 6.71. The molecule has 0 saturated carbocycles. The molecule has 0 rings (SSSR count). The van der Waals surface area contributed by atoms with E-state index in [1.165, 1.54) is 0 Å². The Balaban J connectivity index is 3.95. The van der Waals surface area contributed by atoms with Crippen LogP contribution in [0.3, 0.4) is 0 Å². The molecule has 0 unspecified atom stereocenters. The third-order valence-corrected chi connectivity index (χ3v) is 4.00. The highest BCUT2D eigenvalue weighted by Crippen LogP contribution is 2.05. The van der Waals surface area contributed by atoms with Gasteiger partial charge in [-0.25, -0.2) is 0 Å². The van der Waals surface area contributed by atoms with Crippen LogP contribution in [0.25, 0.3) is 0 Å². The Bertz CT molecular complexity index is 159. The van der Waals surface area contributed by atoms with Crippen LogP contribution < -0.4 is 0 Å². The molecule has 12 heavy (non-hydrogen) atoms. The predicted octanol–water partition coefficient (Wildman–Crippen LogP) is 1.25. The maximum absolute atomic E-state index is 10.9. The Kier molecular flexibility index (Phi) is 4.48. The molecule has 0 saturated heterocycles. The van der Waals surface area contributed by atoms with Crippen LogP contribution in [0, 0.1) is 0 Å². The summed E-state index contributed by atoms with van der Waals surface area (Å²) in [6.07, 6.45) is 0.774. The second kappa shape index (κ2) is 4.62. The van der Waals surface area contributed by atoms with Crippen molar-refractivity contribution < 1.29 is 9.22 Å². The molecule has 0 aliphatic rings. The number of amides is 1. The third-order valence-electron chi connectivity index (χ3n) is 1.69. The van der Waals surface area contributed by atoms with Gasteiger partial charge < -0.3 is 9.33 Å². The lowest BCUT2D eigenvalue weighted by Crippen LogP contribution is -2.45. The summed E-state index contributed by atoms with van der Waals surface area (Å²) in [5, 5.41) is 0. The summed E-state index contributed by atoms with van der Waals surface area (Å²) in [7, 11) is 0.191. The molecule has 0 aromatic carbocycles. The van der Waals surface area contributed by atoms with Crippen molar-refractivity contribution in [3.63, 3.8) is 0 Å². The van der Waals surface area contributed by atoms with Gasteiger partial charge in [0.05, 0.1) is 0 Å². The van der Waals surface area contributed by atoms with Gasteiger partial charge in [-0.3, -0.25) is 4.79 Å². The number of rotatable bonds is 4. The predicted molar refractivity (Wildman–Crippen MR) is 52.4 cm³/mol. The van der Waals surface area contributed by atoms with Gasteiger partial charge in [0.15, 0.2) is 0 Å². The average Bonchev–Trinajstić information content (AvgIpc) is 1.85. The Hall–Kier alpha value is -0.353. The number of carbonyl (C=O) groups excluding carboxylic acids is 1. The highest BCUT2D eigenvalue weighted by atomic mass is 28.4. The molecular weight excluding hydrogens is 170 g/mol. The van der Waals surface area contributed by atoms with Crippen molar-refractivity contribution in [3.05, 3.63) is 0 Å². The Morgan fingerprint density at radius 1 is 1.50 bits per heavy atom. The molecule has 4 heteroatoms. The average molecular weight is 189 g/mol. The normalized spacial score (nSPS) is 11.4. The minimum absolute atomic E-state index is 0.107. The van der Waals surface area contributed by atoms with Crippen molar-refractivity contribution in [2.75, 3.05) is 19.8 Å². The van der Waals surface area contributed by atoms with Gasteiger partial charge in [0.2, 0.25) is 14.2 Å². The van der Waals surface area contributed by atoms with E-state index in [1.807, 2.05) is 14.0 Å². The fourth-order valence-corrected chi connectivity index (χ4v) is 3.36. The van der Waals surface area contributed by atoms with E-state index in [1.54, 1.807) is 11.8 Å².